The molecule has 0 spiro atoms. The van der Waals surface area contributed by atoms with E-state index in [0.717, 1.165) is 35.3 Å². The molecule has 0 unspecified atom stereocenters. The van der Waals surface area contributed by atoms with Gasteiger partial charge in [0.15, 0.2) is 0 Å². The number of rotatable bonds is 4. The van der Waals surface area contributed by atoms with Gasteiger partial charge in [-0.1, -0.05) is 6.92 Å². The monoisotopic (exact) mass is 378 g/mol. The lowest BCUT2D eigenvalue weighted by atomic mass is 9.99. The average molecular weight is 379 g/mol. The maximum absolute atomic E-state index is 12.5. The number of hydrogen-bond donors (Lipinski definition) is 1. The van der Waals surface area contributed by atoms with Crippen molar-refractivity contribution in [2.75, 3.05) is 23.3 Å². The van der Waals surface area contributed by atoms with Crippen LogP contribution in [-0.2, 0) is 0 Å². The Morgan fingerprint density at radius 2 is 1.96 bits per heavy atom. The second kappa shape index (κ2) is 7.88. The lowest BCUT2D eigenvalue weighted by Crippen LogP contribution is -2.32. The summed E-state index contributed by atoms with van der Waals surface area (Å²) in [6.45, 7) is 4.51. The predicted molar refractivity (Wildman–Crippen MR) is 110 cm³/mol. The van der Waals surface area contributed by atoms with E-state index >= 15 is 0 Å². The van der Waals surface area contributed by atoms with Gasteiger partial charge in [0.2, 0.25) is 0 Å². The van der Waals surface area contributed by atoms with Gasteiger partial charge in [0.1, 0.15) is 10.7 Å². The van der Waals surface area contributed by atoms with Crippen LogP contribution in [0.2, 0.25) is 0 Å². The van der Waals surface area contributed by atoms with Crippen LogP contribution < -0.4 is 10.2 Å². The van der Waals surface area contributed by atoms with Gasteiger partial charge in [-0.3, -0.25) is 9.78 Å². The Kier molecular flexibility index (Phi) is 5.16. The summed E-state index contributed by atoms with van der Waals surface area (Å²) in [6, 6.07) is 11.9. The van der Waals surface area contributed by atoms with Crippen molar-refractivity contribution in [1.29, 1.82) is 0 Å². The molecule has 0 aliphatic carbocycles. The summed E-state index contributed by atoms with van der Waals surface area (Å²) in [4.78, 5) is 23.4. The minimum atomic E-state index is -0.194. The van der Waals surface area contributed by atoms with Crippen molar-refractivity contribution in [3.63, 3.8) is 0 Å². The van der Waals surface area contributed by atoms with E-state index in [1.165, 1.54) is 29.9 Å². The first-order chi connectivity index (χ1) is 13.2. The van der Waals surface area contributed by atoms with Crippen molar-refractivity contribution in [2.45, 2.75) is 19.8 Å². The zero-order valence-electron chi connectivity index (χ0n) is 15.3. The van der Waals surface area contributed by atoms with Gasteiger partial charge < -0.3 is 10.2 Å². The summed E-state index contributed by atoms with van der Waals surface area (Å²) in [5.74, 6) is 0.621. The molecule has 1 N–H and O–H groups in total. The summed E-state index contributed by atoms with van der Waals surface area (Å²) in [6.07, 6.45) is 5.95. The highest BCUT2D eigenvalue weighted by atomic mass is 32.1. The van der Waals surface area contributed by atoms with Gasteiger partial charge in [-0.15, -0.1) is 11.3 Å². The lowest BCUT2D eigenvalue weighted by Gasteiger charge is -2.32. The molecule has 3 aromatic rings. The van der Waals surface area contributed by atoms with Crippen molar-refractivity contribution in [2.24, 2.45) is 5.92 Å². The van der Waals surface area contributed by atoms with Gasteiger partial charge in [0, 0.05) is 47.8 Å². The first-order valence-corrected chi connectivity index (χ1v) is 10.1. The number of thiazole rings is 1. The van der Waals surface area contributed by atoms with Crippen LogP contribution >= 0.6 is 11.3 Å². The standard InChI is InChI=1S/C21H22N4OS/c1-15-8-11-25(12-9-15)18-6-4-17(5-7-18)23-20(26)19-14-27-21(24-19)16-3-2-10-22-13-16/h2-7,10,13-15H,8-9,11-12H2,1H3,(H,23,26). The maximum atomic E-state index is 12.5. The highest BCUT2D eigenvalue weighted by molar-refractivity contribution is 7.13. The topological polar surface area (TPSA) is 58.1 Å². The third-order valence-electron chi connectivity index (χ3n) is 4.92. The van der Waals surface area contributed by atoms with Gasteiger partial charge in [-0.05, 0) is 55.2 Å². The number of aromatic nitrogens is 2. The largest absolute Gasteiger partial charge is 0.372 e. The molecular weight excluding hydrogens is 356 g/mol. The van der Waals surface area contributed by atoms with E-state index in [-0.39, 0.29) is 5.91 Å². The van der Waals surface area contributed by atoms with Gasteiger partial charge in [0.25, 0.3) is 5.91 Å². The highest BCUT2D eigenvalue weighted by Gasteiger charge is 2.16. The van der Waals surface area contributed by atoms with E-state index in [9.17, 15) is 4.79 Å². The third kappa shape index (κ3) is 4.17. The molecular formula is C21H22N4OS. The van der Waals surface area contributed by atoms with E-state index in [1.54, 1.807) is 17.8 Å². The van der Waals surface area contributed by atoms with Gasteiger partial charge in [-0.2, -0.15) is 0 Å². The molecule has 1 saturated heterocycles. The quantitative estimate of drug-likeness (QED) is 0.715. The van der Waals surface area contributed by atoms with E-state index < -0.39 is 0 Å². The summed E-state index contributed by atoms with van der Waals surface area (Å²) < 4.78 is 0. The first-order valence-electron chi connectivity index (χ1n) is 9.21. The number of hydrogen-bond acceptors (Lipinski definition) is 5. The Morgan fingerprint density at radius 1 is 1.19 bits per heavy atom. The number of carbonyl (C=O) groups excluding carboxylic acids is 1. The highest BCUT2D eigenvalue weighted by Crippen LogP contribution is 2.25. The molecule has 1 aliphatic heterocycles. The van der Waals surface area contributed by atoms with Crippen LogP contribution in [-0.4, -0.2) is 29.0 Å². The summed E-state index contributed by atoms with van der Waals surface area (Å²) >= 11 is 1.44. The Hall–Kier alpha value is -2.73. The van der Waals surface area contributed by atoms with E-state index in [0.29, 0.717) is 5.69 Å². The number of nitrogens with zero attached hydrogens (tertiary/aromatic N) is 3. The Morgan fingerprint density at radius 3 is 2.67 bits per heavy atom. The number of carbonyl (C=O) groups is 1. The third-order valence-corrected chi connectivity index (χ3v) is 5.81. The van der Waals surface area contributed by atoms with Crippen molar-refractivity contribution in [1.82, 2.24) is 9.97 Å². The Bertz CT molecular complexity index is 899. The van der Waals surface area contributed by atoms with Crippen LogP contribution in [0, 0.1) is 5.92 Å². The molecule has 6 heteroatoms. The van der Waals surface area contributed by atoms with Gasteiger partial charge >= 0.3 is 0 Å². The second-order valence-corrected chi connectivity index (χ2v) is 7.81. The molecule has 1 aromatic carbocycles. The number of anilines is 2. The Labute approximate surface area is 163 Å². The number of benzene rings is 1. The minimum Gasteiger partial charge on any atom is -0.372 e. The van der Waals surface area contributed by atoms with Crippen LogP contribution in [0.1, 0.15) is 30.3 Å². The zero-order chi connectivity index (χ0) is 18.6. The van der Waals surface area contributed by atoms with Gasteiger partial charge in [-0.25, -0.2) is 4.98 Å². The normalized spacial score (nSPS) is 14.9. The van der Waals surface area contributed by atoms with E-state index in [2.05, 4.69) is 39.2 Å². The number of amides is 1. The van der Waals surface area contributed by atoms with Gasteiger partial charge in [0.05, 0.1) is 0 Å². The van der Waals surface area contributed by atoms with Crippen LogP contribution in [0.4, 0.5) is 11.4 Å². The van der Waals surface area contributed by atoms with Crippen molar-refractivity contribution >= 4 is 28.6 Å². The molecule has 0 bridgehead atoms. The molecule has 0 radical (unpaired) electrons. The SMILES string of the molecule is CC1CCN(c2ccc(NC(=O)c3csc(-c4cccnc4)n3)cc2)CC1. The lowest BCUT2D eigenvalue weighted by molar-refractivity contribution is 0.102. The molecule has 2 aromatic heterocycles. The fraction of sp³-hybridized carbons (Fsp3) is 0.286. The summed E-state index contributed by atoms with van der Waals surface area (Å²) in [5, 5.41) is 5.50. The molecule has 5 nitrogen and oxygen atoms in total. The number of pyridine rings is 1. The molecule has 138 valence electrons. The molecule has 3 heterocycles. The summed E-state index contributed by atoms with van der Waals surface area (Å²) in [7, 11) is 0. The molecule has 0 atom stereocenters. The number of piperidine rings is 1. The number of nitrogens with one attached hydrogen (secondary N) is 1. The average Bonchev–Trinajstić information content (AvgIpc) is 3.20. The zero-order valence-corrected chi connectivity index (χ0v) is 16.1. The Balaban J connectivity index is 1.40. The van der Waals surface area contributed by atoms with Crippen LogP contribution in [0.3, 0.4) is 0 Å². The fourth-order valence-electron chi connectivity index (χ4n) is 3.22. The predicted octanol–water partition coefficient (Wildman–Crippen LogP) is 4.69. The minimum absolute atomic E-state index is 0.194. The van der Waals surface area contributed by atoms with E-state index in [1.807, 2.05) is 24.3 Å². The maximum Gasteiger partial charge on any atom is 0.275 e. The van der Waals surface area contributed by atoms with Crippen LogP contribution in [0.5, 0.6) is 0 Å². The van der Waals surface area contributed by atoms with Crippen molar-refractivity contribution in [3.8, 4) is 10.6 Å². The fourth-order valence-corrected chi connectivity index (χ4v) is 4.01. The summed E-state index contributed by atoms with van der Waals surface area (Å²) in [5.41, 5.74) is 3.34. The van der Waals surface area contributed by atoms with E-state index in [4.69, 9.17) is 0 Å². The molecule has 27 heavy (non-hydrogen) atoms. The van der Waals surface area contributed by atoms with Crippen molar-refractivity contribution in [3.05, 3.63) is 59.9 Å². The van der Waals surface area contributed by atoms with Crippen LogP contribution in [0.25, 0.3) is 10.6 Å². The second-order valence-electron chi connectivity index (χ2n) is 6.95. The molecule has 4 rings (SSSR count). The molecule has 1 amide bonds. The molecule has 1 aliphatic rings. The first kappa shape index (κ1) is 17.7. The molecule has 1 fully saturated rings. The molecule has 0 saturated carbocycles. The van der Waals surface area contributed by atoms with Crippen molar-refractivity contribution < 1.29 is 4.79 Å². The van der Waals surface area contributed by atoms with Crippen LogP contribution in [0.15, 0.2) is 54.2 Å². The smallest absolute Gasteiger partial charge is 0.275 e.